The van der Waals surface area contributed by atoms with Crippen LogP contribution in [-0.4, -0.2) is 54.0 Å². The maximum absolute atomic E-state index is 13.0. The molecule has 7 heteroatoms. The summed E-state index contributed by atoms with van der Waals surface area (Å²) in [5.41, 5.74) is 1.85. The van der Waals surface area contributed by atoms with Crippen molar-refractivity contribution in [1.29, 1.82) is 0 Å². The lowest BCUT2D eigenvalue weighted by Gasteiger charge is -2.35. The van der Waals surface area contributed by atoms with Crippen molar-refractivity contribution in [1.82, 2.24) is 14.9 Å². The molecule has 32 heavy (non-hydrogen) atoms. The van der Waals surface area contributed by atoms with Crippen molar-refractivity contribution >= 4 is 45.9 Å². The fourth-order valence-electron chi connectivity index (χ4n) is 4.41. The number of fused-ring (bicyclic) bond motifs is 1. The summed E-state index contributed by atoms with van der Waals surface area (Å²) < 4.78 is 0. The Morgan fingerprint density at radius 1 is 1.12 bits per heavy atom. The van der Waals surface area contributed by atoms with E-state index in [2.05, 4.69) is 4.90 Å². The van der Waals surface area contributed by atoms with E-state index in [1.165, 1.54) is 0 Å². The zero-order valence-electron chi connectivity index (χ0n) is 19.0. The SMILES string of the molecule is CCN(CC)C(=O)C1CCCN(c2nc(N(C)c3cccc(Cl)c3)c3ccccc3n2)C1. The minimum Gasteiger partial charge on any atom is -0.343 e. The van der Waals surface area contributed by atoms with E-state index >= 15 is 0 Å². The standard InChI is InChI=1S/C25H30ClN5O/c1-4-30(5-2)24(32)18-10-9-15-31(17-18)25-27-22-14-7-6-13-21(22)23(28-25)29(3)20-12-8-11-19(26)16-20/h6-8,11-14,16,18H,4-5,9-10,15,17H2,1-3H3. The number of carbonyl (C=O) groups is 1. The van der Waals surface area contributed by atoms with Crippen LogP contribution in [0.2, 0.25) is 5.02 Å². The highest BCUT2D eigenvalue weighted by Gasteiger charge is 2.30. The second-order valence-corrected chi connectivity index (χ2v) is 8.64. The van der Waals surface area contributed by atoms with Gasteiger partial charge in [-0.05, 0) is 57.0 Å². The first-order valence-corrected chi connectivity index (χ1v) is 11.7. The summed E-state index contributed by atoms with van der Waals surface area (Å²) in [5.74, 6) is 1.71. The molecule has 0 N–H and O–H groups in total. The maximum Gasteiger partial charge on any atom is 0.227 e. The number of hydrogen-bond donors (Lipinski definition) is 0. The number of amides is 1. The van der Waals surface area contributed by atoms with Crippen LogP contribution in [-0.2, 0) is 4.79 Å². The van der Waals surface area contributed by atoms with Crippen LogP contribution < -0.4 is 9.80 Å². The normalized spacial score (nSPS) is 16.2. The van der Waals surface area contributed by atoms with Gasteiger partial charge in [0.05, 0.1) is 11.4 Å². The summed E-state index contributed by atoms with van der Waals surface area (Å²) in [4.78, 5) is 29.0. The largest absolute Gasteiger partial charge is 0.343 e. The van der Waals surface area contributed by atoms with Crippen molar-refractivity contribution in [2.75, 3.05) is 43.0 Å². The number of para-hydroxylation sites is 1. The maximum atomic E-state index is 13.0. The molecule has 1 saturated heterocycles. The monoisotopic (exact) mass is 451 g/mol. The van der Waals surface area contributed by atoms with E-state index in [0.717, 1.165) is 54.9 Å². The van der Waals surface area contributed by atoms with Gasteiger partial charge >= 0.3 is 0 Å². The lowest BCUT2D eigenvalue weighted by atomic mass is 9.96. The van der Waals surface area contributed by atoms with Gasteiger partial charge in [0.1, 0.15) is 5.82 Å². The van der Waals surface area contributed by atoms with Gasteiger partial charge in [-0.2, -0.15) is 4.98 Å². The molecule has 1 amide bonds. The molecular formula is C25H30ClN5O. The third kappa shape index (κ3) is 4.51. The Morgan fingerprint density at radius 3 is 2.66 bits per heavy atom. The molecule has 0 spiro atoms. The minimum atomic E-state index is -0.0205. The second kappa shape index (κ2) is 9.74. The van der Waals surface area contributed by atoms with E-state index in [1.54, 1.807) is 0 Å². The molecule has 168 valence electrons. The molecule has 0 aliphatic carbocycles. The first kappa shape index (κ1) is 22.3. The van der Waals surface area contributed by atoms with Gasteiger partial charge in [-0.15, -0.1) is 0 Å². The van der Waals surface area contributed by atoms with Gasteiger partial charge in [0.15, 0.2) is 0 Å². The molecular weight excluding hydrogens is 422 g/mol. The number of hydrogen-bond acceptors (Lipinski definition) is 5. The number of nitrogens with zero attached hydrogens (tertiary/aromatic N) is 5. The van der Waals surface area contributed by atoms with E-state index in [-0.39, 0.29) is 11.8 Å². The molecule has 1 aromatic heterocycles. The average molecular weight is 452 g/mol. The minimum absolute atomic E-state index is 0.0205. The third-order valence-electron chi connectivity index (χ3n) is 6.21. The van der Waals surface area contributed by atoms with Crippen molar-refractivity contribution in [3.8, 4) is 0 Å². The van der Waals surface area contributed by atoms with Gasteiger partial charge in [0.2, 0.25) is 11.9 Å². The quantitative estimate of drug-likeness (QED) is 0.519. The number of aromatic nitrogens is 2. The molecule has 6 nitrogen and oxygen atoms in total. The molecule has 0 radical (unpaired) electrons. The van der Waals surface area contributed by atoms with Crippen LogP contribution in [0.1, 0.15) is 26.7 Å². The van der Waals surface area contributed by atoms with E-state index in [9.17, 15) is 4.79 Å². The summed E-state index contributed by atoms with van der Waals surface area (Å²) >= 11 is 6.24. The van der Waals surface area contributed by atoms with Crippen molar-refractivity contribution in [3.63, 3.8) is 0 Å². The van der Waals surface area contributed by atoms with Crippen molar-refractivity contribution in [3.05, 3.63) is 53.6 Å². The molecule has 1 aliphatic rings. The van der Waals surface area contributed by atoms with Crippen molar-refractivity contribution in [2.24, 2.45) is 5.92 Å². The van der Waals surface area contributed by atoms with Crippen LogP contribution in [0.25, 0.3) is 10.9 Å². The summed E-state index contributed by atoms with van der Waals surface area (Å²) in [7, 11) is 1.99. The number of anilines is 3. The molecule has 3 aromatic rings. The fraction of sp³-hybridized carbons (Fsp3) is 0.400. The van der Waals surface area contributed by atoms with Crippen LogP contribution >= 0.6 is 11.6 Å². The highest BCUT2D eigenvalue weighted by Crippen LogP contribution is 2.32. The van der Waals surface area contributed by atoms with Crippen molar-refractivity contribution in [2.45, 2.75) is 26.7 Å². The van der Waals surface area contributed by atoms with Crippen molar-refractivity contribution < 1.29 is 4.79 Å². The molecule has 2 aromatic carbocycles. The Hall–Kier alpha value is -2.86. The smallest absolute Gasteiger partial charge is 0.227 e. The van der Waals surface area contributed by atoms with Gasteiger partial charge in [0, 0.05) is 49.3 Å². The molecule has 1 aliphatic heterocycles. The summed E-state index contributed by atoms with van der Waals surface area (Å²) in [6.45, 7) is 7.05. The summed E-state index contributed by atoms with van der Waals surface area (Å²) in [6, 6.07) is 15.8. The zero-order chi connectivity index (χ0) is 22.7. The molecule has 2 heterocycles. The Balaban J connectivity index is 1.70. The van der Waals surface area contributed by atoms with E-state index in [4.69, 9.17) is 21.6 Å². The number of rotatable bonds is 6. The Bertz CT molecular complexity index is 1100. The van der Waals surface area contributed by atoms with E-state index in [0.29, 0.717) is 17.5 Å². The third-order valence-corrected chi connectivity index (χ3v) is 6.45. The van der Waals surface area contributed by atoms with E-state index < -0.39 is 0 Å². The second-order valence-electron chi connectivity index (χ2n) is 8.20. The van der Waals surface area contributed by atoms with Crippen LogP contribution in [0.15, 0.2) is 48.5 Å². The van der Waals surface area contributed by atoms with Crippen LogP contribution in [0, 0.1) is 5.92 Å². The molecule has 0 bridgehead atoms. The first-order chi connectivity index (χ1) is 15.5. The van der Waals surface area contributed by atoms with Gasteiger partial charge in [0.25, 0.3) is 0 Å². The number of benzene rings is 2. The number of piperidine rings is 1. The van der Waals surface area contributed by atoms with Crippen LogP contribution in [0.4, 0.5) is 17.5 Å². The predicted octanol–water partition coefficient (Wildman–Crippen LogP) is 5.14. The Morgan fingerprint density at radius 2 is 1.91 bits per heavy atom. The van der Waals surface area contributed by atoms with Gasteiger partial charge < -0.3 is 14.7 Å². The fourth-order valence-corrected chi connectivity index (χ4v) is 4.59. The predicted molar refractivity (Wildman–Crippen MR) is 132 cm³/mol. The van der Waals surface area contributed by atoms with E-state index in [1.807, 2.05) is 79.2 Å². The highest BCUT2D eigenvalue weighted by molar-refractivity contribution is 6.30. The van der Waals surface area contributed by atoms with Crippen LogP contribution in [0.5, 0.6) is 0 Å². The lowest BCUT2D eigenvalue weighted by molar-refractivity contribution is -0.135. The highest BCUT2D eigenvalue weighted by atomic mass is 35.5. The lowest BCUT2D eigenvalue weighted by Crippen LogP contribution is -2.45. The molecule has 1 fully saturated rings. The molecule has 1 atom stereocenters. The molecule has 0 saturated carbocycles. The van der Waals surface area contributed by atoms with Crippen LogP contribution in [0.3, 0.4) is 0 Å². The number of carbonyl (C=O) groups excluding carboxylic acids is 1. The summed E-state index contributed by atoms with van der Waals surface area (Å²) in [5, 5.41) is 1.66. The van der Waals surface area contributed by atoms with Gasteiger partial charge in [-0.25, -0.2) is 4.98 Å². The number of halogens is 1. The molecule has 1 unspecified atom stereocenters. The zero-order valence-corrected chi connectivity index (χ0v) is 19.7. The van der Waals surface area contributed by atoms with Gasteiger partial charge in [-0.1, -0.05) is 29.8 Å². The van der Waals surface area contributed by atoms with Gasteiger partial charge in [-0.3, -0.25) is 4.79 Å². The Labute approximate surface area is 194 Å². The Kier molecular flexibility index (Phi) is 6.80. The average Bonchev–Trinajstić information content (AvgIpc) is 2.83. The topological polar surface area (TPSA) is 52.6 Å². The summed E-state index contributed by atoms with van der Waals surface area (Å²) in [6.07, 6.45) is 1.86. The molecule has 4 rings (SSSR count). The first-order valence-electron chi connectivity index (χ1n) is 11.3.